The lowest BCUT2D eigenvalue weighted by molar-refractivity contribution is -0.135. The fraction of sp³-hybridized carbons (Fsp3) is 0.909. The van der Waals surface area contributed by atoms with E-state index < -0.39 is 0 Å². The molecule has 1 atom stereocenters. The first-order valence-electron chi connectivity index (χ1n) is 5.70. The Labute approximate surface area is 91.9 Å². The third kappa shape index (κ3) is 3.80. The molecule has 1 N–H and O–H groups in total. The van der Waals surface area contributed by atoms with Gasteiger partial charge in [0.2, 0.25) is 5.91 Å². The SMILES string of the molecule is CN(C)CC(=O)N1CCCCCC1CO. The number of amides is 1. The molecule has 1 heterocycles. The molecule has 0 radical (unpaired) electrons. The second kappa shape index (κ2) is 6.08. The van der Waals surface area contributed by atoms with Crippen LogP contribution in [0.3, 0.4) is 0 Å². The standard InChI is InChI=1S/C11H22N2O2/c1-12(2)8-11(15)13-7-5-3-4-6-10(13)9-14/h10,14H,3-9H2,1-2H3. The van der Waals surface area contributed by atoms with Gasteiger partial charge < -0.3 is 14.9 Å². The lowest BCUT2D eigenvalue weighted by Crippen LogP contribution is -2.45. The van der Waals surface area contributed by atoms with Crippen LogP contribution in [0.25, 0.3) is 0 Å². The highest BCUT2D eigenvalue weighted by molar-refractivity contribution is 5.78. The molecule has 4 heteroatoms. The van der Waals surface area contributed by atoms with Crippen molar-refractivity contribution in [3.8, 4) is 0 Å². The van der Waals surface area contributed by atoms with Crippen molar-refractivity contribution in [1.82, 2.24) is 9.80 Å². The van der Waals surface area contributed by atoms with Crippen molar-refractivity contribution in [2.24, 2.45) is 0 Å². The van der Waals surface area contributed by atoms with Gasteiger partial charge in [0.25, 0.3) is 0 Å². The Morgan fingerprint density at radius 3 is 2.73 bits per heavy atom. The summed E-state index contributed by atoms with van der Waals surface area (Å²) in [4.78, 5) is 15.6. The molecule has 0 aromatic carbocycles. The average molecular weight is 214 g/mol. The van der Waals surface area contributed by atoms with Crippen LogP contribution in [0.2, 0.25) is 0 Å². The van der Waals surface area contributed by atoms with E-state index in [-0.39, 0.29) is 18.6 Å². The Bertz CT molecular complexity index is 207. The number of aliphatic hydroxyl groups excluding tert-OH is 1. The predicted molar refractivity (Wildman–Crippen MR) is 59.6 cm³/mol. The molecule has 1 aliphatic rings. The maximum Gasteiger partial charge on any atom is 0.237 e. The molecule has 4 nitrogen and oxygen atoms in total. The lowest BCUT2D eigenvalue weighted by Gasteiger charge is -2.29. The summed E-state index contributed by atoms with van der Waals surface area (Å²) in [7, 11) is 3.79. The highest BCUT2D eigenvalue weighted by Gasteiger charge is 2.24. The molecule has 1 unspecified atom stereocenters. The van der Waals surface area contributed by atoms with Crippen LogP contribution >= 0.6 is 0 Å². The number of hydrogen-bond acceptors (Lipinski definition) is 3. The topological polar surface area (TPSA) is 43.8 Å². The lowest BCUT2D eigenvalue weighted by atomic mass is 10.1. The van der Waals surface area contributed by atoms with Crippen LogP contribution in [-0.2, 0) is 4.79 Å². The summed E-state index contributed by atoms with van der Waals surface area (Å²) in [6.45, 7) is 1.34. The fourth-order valence-corrected chi connectivity index (χ4v) is 2.06. The molecule has 15 heavy (non-hydrogen) atoms. The van der Waals surface area contributed by atoms with E-state index in [1.165, 1.54) is 6.42 Å². The first-order chi connectivity index (χ1) is 7.15. The first kappa shape index (κ1) is 12.5. The van der Waals surface area contributed by atoms with Crippen LogP contribution in [0.4, 0.5) is 0 Å². The van der Waals surface area contributed by atoms with E-state index in [4.69, 9.17) is 0 Å². The summed E-state index contributed by atoms with van der Waals surface area (Å²) in [6, 6.07) is 0.0416. The van der Waals surface area contributed by atoms with E-state index in [9.17, 15) is 9.90 Å². The van der Waals surface area contributed by atoms with E-state index in [0.29, 0.717) is 6.54 Å². The molecule has 0 aromatic rings. The van der Waals surface area contributed by atoms with E-state index in [1.54, 1.807) is 0 Å². The van der Waals surface area contributed by atoms with Gasteiger partial charge in [0.05, 0.1) is 19.2 Å². The van der Waals surface area contributed by atoms with Gasteiger partial charge in [0.15, 0.2) is 0 Å². The minimum absolute atomic E-state index is 0.0416. The molecule has 0 saturated carbocycles. The van der Waals surface area contributed by atoms with Gasteiger partial charge in [0.1, 0.15) is 0 Å². The van der Waals surface area contributed by atoms with E-state index in [0.717, 1.165) is 25.8 Å². The van der Waals surface area contributed by atoms with Crippen molar-refractivity contribution in [2.75, 3.05) is 33.8 Å². The summed E-state index contributed by atoms with van der Waals surface area (Å²) in [5.41, 5.74) is 0. The number of nitrogens with zero attached hydrogens (tertiary/aromatic N) is 2. The Hall–Kier alpha value is -0.610. The Balaban J connectivity index is 2.57. The van der Waals surface area contributed by atoms with Crippen LogP contribution in [0, 0.1) is 0 Å². The number of likely N-dealkylation sites (tertiary alicyclic amines) is 1. The van der Waals surface area contributed by atoms with Crippen LogP contribution in [-0.4, -0.2) is 60.6 Å². The van der Waals surface area contributed by atoms with Crippen molar-refractivity contribution in [2.45, 2.75) is 31.7 Å². The molecule has 1 saturated heterocycles. The first-order valence-corrected chi connectivity index (χ1v) is 5.70. The highest BCUT2D eigenvalue weighted by atomic mass is 16.3. The molecule has 88 valence electrons. The molecular weight excluding hydrogens is 192 g/mol. The Morgan fingerprint density at radius 2 is 2.13 bits per heavy atom. The second-order valence-corrected chi connectivity index (χ2v) is 4.51. The Morgan fingerprint density at radius 1 is 1.40 bits per heavy atom. The van der Waals surface area contributed by atoms with E-state index in [1.807, 2.05) is 23.9 Å². The largest absolute Gasteiger partial charge is 0.394 e. The van der Waals surface area contributed by atoms with Crippen LogP contribution in [0.5, 0.6) is 0 Å². The molecule has 1 aliphatic heterocycles. The molecule has 0 aromatic heterocycles. The number of carbonyl (C=O) groups is 1. The molecule has 1 amide bonds. The molecule has 0 spiro atoms. The number of aliphatic hydroxyl groups is 1. The number of rotatable bonds is 3. The number of likely N-dealkylation sites (N-methyl/N-ethyl adjacent to an activating group) is 1. The molecule has 1 rings (SSSR count). The summed E-state index contributed by atoms with van der Waals surface area (Å²) >= 11 is 0. The summed E-state index contributed by atoms with van der Waals surface area (Å²) in [5.74, 6) is 0.140. The van der Waals surface area contributed by atoms with Crippen LogP contribution in [0.1, 0.15) is 25.7 Å². The van der Waals surface area contributed by atoms with Crippen LogP contribution < -0.4 is 0 Å². The minimum atomic E-state index is 0.0416. The van der Waals surface area contributed by atoms with Gasteiger partial charge in [-0.05, 0) is 26.9 Å². The van der Waals surface area contributed by atoms with Crippen LogP contribution in [0.15, 0.2) is 0 Å². The monoisotopic (exact) mass is 214 g/mol. The smallest absolute Gasteiger partial charge is 0.237 e. The van der Waals surface area contributed by atoms with Gasteiger partial charge in [-0.15, -0.1) is 0 Å². The summed E-state index contributed by atoms with van der Waals surface area (Å²) in [5, 5.41) is 9.26. The van der Waals surface area contributed by atoms with Crippen molar-refractivity contribution >= 4 is 5.91 Å². The maximum atomic E-state index is 11.9. The zero-order valence-electron chi connectivity index (χ0n) is 9.78. The number of carbonyl (C=O) groups excluding carboxylic acids is 1. The van der Waals surface area contributed by atoms with E-state index >= 15 is 0 Å². The Kier molecular flexibility index (Phi) is 5.05. The third-order valence-corrected chi connectivity index (χ3v) is 2.86. The van der Waals surface area contributed by atoms with Gasteiger partial charge in [-0.3, -0.25) is 4.79 Å². The third-order valence-electron chi connectivity index (χ3n) is 2.86. The van der Waals surface area contributed by atoms with Crippen molar-refractivity contribution in [1.29, 1.82) is 0 Å². The second-order valence-electron chi connectivity index (χ2n) is 4.51. The zero-order valence-corrected chi connectivity index (χ0v) is 9.78. The van der Waals surface area contributed by atoms with Crippen molar-refractivity contribution < 1.29 is 9.90 Å². The summed E-state index contributed by atoms with van der Waals surface area (Å²) in [6.07, 6.45) is 4.30. The quantitative estimate of drug-likeness (QED) is 0.735. The average Bonchev–Trinajstić information content (AvgIpc) is 2.40. The zero-order chi connectivity index (χ0) is 11.3. The van der Waals surface area contributed by atoms with Gasteiger partial charge in [-0.2, -0.15) is 0 Å². The van der Waals surface area contributed by atoms with Gasteiger partial charge in [-0.1, -0.05) is 12.8 Å². The number of hydrogen-bond donors (Lipinski definition) is 1. The van der Waals surface area contributed by atoms with Gasteiger partial charge in [0, 0.05) is 6.54 Å². The molecule has 0 bridgehead atoms. The fourth-order valence-electron chi connectivity index (χ4n) is 2.06. The molecule has 0 aliphatic carbocycles. The molecule has 1 fully saturated rings. The molecular formula is C11H22N2O2. The highest BCUT2D eigenvalue weighted by Crippen LogP contribution is 2.16. The minimum Gasteiger partial charge on any atom is -0.394 e. The van der Waals surface area contributed by atoms with Gasteiger partial charge >= 0.3 is 0 Å². The predicted octanol–water partition coefficient (Wildman–Crippen LogP) is 0.311. The normalized spacial score (nSPS) is 22.9. The maximum absolute atomic E-state index is 11.9. The van der Waals surface area contributed by atoms with Crippen molar-refractivity contribution in [3.63, 3.8) is 0 Å². The van der Waals surface area contributed by atoms with E-state index in [2.05, 4.69) is 0 Å². The summed E-state index contributed by atoms with van der Waals surface area (Å²) < 4.78 is 0. The van der Waals surface area contributed by atoms with Crippen molar-refractivity contribution in [3.05, 3.63) is 0 Å². The van der Waals surface area contributed by atoms with Gasteiger partial charge in [-0.25, -0.2) is 0 Å².